The molecule has 2 rings (SSSR count). The average Bonchev–Trinajstić information content (AvgIpc) is 2.46. The van der Waals surface area contributed by atoms with Crippen molar-refractivity contribution >= 4 is 34.8 Å². The molecule has 0 aliphatic rings. The van der Waals surface area contributed by atoms with Gasteiger partial charge in [-0.05, 0) is 37.4 Å². The molecule has 0 aliphatic carbocycles. The van der Waals surface area contributed by atoms with Gasteiger partial charge in [-0.2, -0.15) is 0 Å². The molecule has 23 heavy (non-hydrogen) atoms. The SMILES string of the molecule is CN(CC(=O)Nc1ccc(F)cc1Cl)Cc1c(F)cccc1Cl. The Hall–Kier alpha value is -1.69. The van der Waals surface area contributed by atoms with E-state index in [9.17, 15) is 13.6 Å². The molecule has 7 heteroatoms. The van der Waals surface area contributed by atoms with Gasteiger partial charge in [-0.25, -0.2) is 8.78 Å². The predicted octanol–water partition coefficient (Wildman–Crippen LogP) is 4.34. The third kappa shape index (κ3) is 4.89. The van der Waals surface area contributed by atoms with Crippen molar-refractivity contribution < 1.29 is 13.6 Å². The van der Waals surface area contributed by atoms with Gasteiger partial charge >= 0.3 is 0 Å². The van der Waals surface area contributed by atoms with Gasteiger partial charge in [0.2, 0.25) is 5.91 Å². The van der Waals surface area contributed by atoms with Gasteiger partial charge in [-0.3, -0.25) is 9.69 Å². The molecular formula is C16H14Cl2F2N2O. The van der Waals surface area contributed by atoms with Crippen LogP contribution in [0.25, 0.3) is 0 Å². The van der Waals surface area contributed by atoms with E-state index in [4.69, 9.17) is 23.2 Å². The van der Waals surface area contributed by atoms with E-state index >= 15 is 0 Å². The van der Waals surface area contributed by atoms with E-state index in [-0.39, 0.29) is 24.0 Å². The topological polar surface area (TPSA) is 32.3 Å². The van der Waals surface area contributed by atoms with Crippen LogP contribution in [0.2, 0.25) is 10.0 Å². The Morgan fingerprint density at radius 1 is 1.17 bits per heavy atom. The Morgan fingerprint density at radius 2 is 1.91 bits per heavy atom. The highest BCUT2D eigenvalue weighted by molar-refractivity contribution is 6.33. The van der Waals surface area contributed by atoms with E-state index < -0.39 is 11.6 Å². The van der Waals surface area contributed by atoms with Crippen LogP contribution in [0, 0.1) is 11.6 Å². The molecule has 2 aromatic rings. The van der Waals surface area contributed by atoms with E-state index in [2.05, 4.69) is 5.32 Å². The lowest BCUT2D eigenvalue weighted by molar-refractivity contribution is -0.117. The Balaban J connectivity index is 1.97. The van der Waals surface area contributed by atoms with E-state index in [1.807, 2.05) is 0 Å². The molecule has 0 fully saturated rings. The average molecular weight is 359 g/mol. The van der Waals surface area contributed by atoms with E-state index in [1.165, 1.54) is 24.3 Å². The monoisotopic (exact) mass is 358 g/mol. The van der Waals surface area contributed by atoms with Crippen LogP contribution in [0.15, 0.2) is 36.4 Å². The maximum absolute atomic E-state index is 13.7. The zero-order chi connectivity index (χ0) is 17.0. The second-order valence-corrected chi connectivity index (χ2v) is 5.86. The minimum Gasteiger partial charge on any atom is -0.324 e. The van der Waals surface area contributed by atoms with Crippen LogP contribution in [0.5, 0.6) is 0 Å². The normalized spacial score (nSPS) is 10.9. The zero-order valence-electron chi connectivity index (χ0n) is 12.2. The molecular weight excluding hydrogens is 345 g/mol. The Kier molecular flexibility index (Phi) is 5.93. The van der Waals surface area contributed by atoms with Crippen molar-refractivity contribution in [2.45, 2.75) is 6.54 Å². The summed E-state index contributed by atoms with van der Waals surface area (Å²) in [6, 6.07) is 8.11. The van der Waals surface area contributed by atoms with Crippen molar-refractivity contribution in [2.75, 3.05) is 18.9 Å². The van der Waals surface area contributed by atoms with Crippen molar-refractivity contribution in [1.82, 2.24) is 4.90 Å². The first kappa shape index (κ1) is 17.7. The fourth-order valence-corrected chi connectivity index (χ4v) is 2.47. The lowest BCUT2D eigenvalue weighted by Gasteiger charge is -2.18. The Bertz CT molecular complexity index is 705. The van der Waals surface area contributed by atoms with Crippen LogP contribution < -0.4 is 5.32 Å². The van der Waals surface area contributed by atoms with Gasteiger partial charge in [0.25, 0.3) is 0 Å². The summed E-state index contributed by atoms with van der Waals surface area (Å²) in [5.74, 6) is -1.26. The second-order valence-electron chi connectivity index (χ2n) is 5.04. The molecule has 2 aromatic carbocycles. The van der Waals surface area contributed by atoms with Crippen molar-refractivity contribution in [3.05, 3.63) is 63.6 Å². The first-order chi connectivity index (χ1) is 10.9. The number of hydrogen-bond donors (Lipinski definition) is 1. The standard InChI is InChI=1S/C16H14Cl2F2N2O/c1-22(8-11-12(17)3-2-4-14(11)20)9-16(23)21-15-6-5-10(19)7-13(15)18/h2-7H,8-9H2,1H3,(H,21,23). The Morgan fingerprint density at radius 3 is 2.57 bits per heavy atom. The number of nitrogens with zero attached hydrogens (tertiary/aromatic N) is 1. The number of anilines is 1. The molecule has 0 saturated carbocycles. The third-order valence-electron chi connectivity index (χ3n) is 3.11. The van der Waals surface area contributed by atoms with Crippen molar-refractivity contribution in [1.29, 1.82) is 0 Å². The fraction of sp³-hybridized carbons (Fsp3) is 0.188. The highest BCUT2D eigenvalue weighted by atomic mass is 35.5. The lowest BCUT2D eigenvalue weighted by atomic mass is 10.2. The predicted molar refractivity (Wildman–Crippen MR) is 87.8 cm³/mol. The minimum atomic E-state index is -0.487. The Labute approximate surface area is 142 Å². The first-order valence-electron chi connectivity index (χ1n) is 6.73. The number of benzene rings is 2. The van der Waals surface area contributed by atoms with Crippen LogP contribution in [-0.4, -0.2) is 24.4 Å². The largest absolute Gasteiger partial charge is 0.324 e. The summed E-state index contributed by atoms with van der Waals surface area (Å²) in [6.07, 6.45) is 0. The summed E-state index contributed by atoms with van der Waals surface area (Å²) in [5, 5.41) is 2.99. The van der Waals surface area contributed by atoms with Crippen LogP contribution in [0.3, 0.4) is 0 Å². The highest BCUT2D eigenvalue weighted by Gasteiger charge is 2.13. The molecule has 0 bridgehead atoms. The van der Waals surface area contributed by atoms with E-state index in [0.717, 1.165) is 6.07 Å². The second kappa shape index (κ2) is 7.73. The van der Waals surface area contributed by atoms with Gasteiger partial charge < -0.3 is 5.32 Å². The summed E-state index contributed by atoms with van der Waals surface area (Å²) >= 11 is 11.8. The van der Waals surface area contributed by atoms with E-state index in [1.54, 1.807) is 18.0 Å². The van der Waals surface area contributed by atoms with Crippen LogP contribution in [0.4, 0.5) is 14.5 Å². The van der Waals surface area contributed by atoms with Gasteiger partial charge in [0, 0.05) is 17.1 Å². The number of rotatable bonds is 5. The number of hydrogen-bond acceptors (Lipinski definition) is 2. The summed E-state index contributed by atoms with van der Waals surface area (Å²) in [5.41, 5.74) is 0.639. The molecule has 1 amide bonds. The quantitative estimate of drug-likeness (QED) is 0.861. The van der Waals surface area contributed by atoms with Gasteiger partial charge in [0.1, 0.15) is 11.6 Å². The molecule has 122 valence electrons. The first-order valence-corrected chi connectivity index (χ1v) is 7.48. The van der Waals surface area contributed by atoms with Gasteiger partial charge in [-0.15, -0.1) is 0 Å². The lowest BCUT2D eigenvalue weighted by Crippen LogP contribution is -2.30. The summed E-state index contributed by atoms with van der Waals surface area (Å²) < 4.78 is 26.7. The van der Waals surface area contributed by atoms with E-state index in [0.29, 0.717) is 16.3 Å². The number of likely N-dealkylation sites (N-methyl/N-ethyl adjacent to an activating group) is 1. The number of amides is 1. The molecule has 0 unspecified atom stereocenters. The van der Waals surface area contributed by atoms with Crippen LogP contribution in [-0.2, 0) is 11.3 Å². The number of carbonyl (C=O) groups is 1. The molecule has 0 aliphatic heterocycles. The smallest absolute Gasteiger partial charge is 0.238 e. The highest BCUT2D eigenvalue weighted by Crippen LogP contribution is 2.23. The molecule has 0 aromatic heterocycles. The molecule has 0 heterocycles. The van der Waals surface area contributed by atoms with Crippen LogP contribution in [0.1, 0.15) is 5.56 Å². The molecule has 0 radical (unpaired) electrons. The van der Waals surface area contributed by atoms with Gasteiger partial charge in [0.05, 0.1) is 17.3 Å². The third-order valence-corrected chi connectivity index (χ3v) is 3.78. The number of nitrogens with one attached hydrogen (secondary N) is 1. The van der Waals surface area contributed by atoms with Crippen LogP contribution >= 0.6 is 23.2 Å². The van der Waals surface area contributed by atoms with Gasteiger partial charge in [0.15, 0.2) is 0 Å². The summed E-state index contributed by atoms with van der Waals surface area (Å²) in [4.78, 5) is 13.6. The van der Waals surface area contributed by atoms with Crippen molar-refractivity contribution in [3.63, 3.8) is 0 Å². The number of carbonyl (C=O) groups excluding carboxylic acids is 1. The molecule has 0 spiro atoms. The molecule has 0 atom stereocenters. The maximum atomic E-state index is 13.7. The zero-order valence-corrected chi connectivity index (χ0v) is 13.8. The maximum Gasteiger partial charge on any atom is 0.238 e. The number of halogens is 4. The van der Waals surface area contributed by atoms with Crippen molar-refractivity contribution in [2.24, 2.45) is 0 Å². The molecule has 1 N–H and O–H groups in total. The van der Waals surface area contributed by atoms with Gasteiger partial charge in [-0.1, -0.05) is 29.3 Å². The van der Waals surface area contributed by atoms with Crippen molar-refractivity contribution in [3.8, 4) is 0 Å². The summed E-state index contributed by atoms with van der Waals surface area (Å²) in [7, 11) is 1.66. The summed E-state index contributed by atoms with van der Waals surface area (Å²) in [6.45, 7) is 0.175. The molecule has 0 saturated heterocycles. The molecule has 3 nitrogen and oxygen atoms in total. The minimum absolute atomic E-state index is 0.00162. The fourth-order valence-electron chi connectivity index (χ4n) is 2.03.